The molecule has 7 heteroatoms. The maximum Gasteiger partial charge on any atom is 0.252 e. The number of hydrogen-bond acceptors (Lipinski definition) is 5. The molecule has 4 aromatic rings. The van der Waals surface area contributed by atoms with Crippen molar-refractivity contribution in [3.05, 3.63) is 87.5 Å². The molecule has 33 heavy (non-hydrogen) atoms. The van der Waals surface area contributed by atoms with Crippen molar-refractivity contribution in [1.82, 2.24) is 30.1 Å². The first-order chi connectivity index (χ1) is 15.9. The molecule has 0 aliphatic heterocycles. The van der Waals surface area contributed by atoms with Crippen LogP contribution in [0.5, 0.6) is 0 Å². The van der Waals surface area contributed by atoms with Gasteiger partial charge in [-0.1, -0.05) is 55.5 Å². The van der Waals surface area contributed by atoms with E-state index in [2.05, 4.69) is 70.4 Å². The first kappa shape index (κ1) is 22.9. The van der Waals surface area contributed by atoms with Gasteiger partial charge in [0.05, 0.1) is 17.6 Å². The summed E-state index contributed by atoms with van der Waals surface area (Å²) in [4.78, 5) is 18.3. The number of aromatic nitrogens is 5. The number of rotatable bonds is 9. The van der Waals surface area contributed by atoms with Crippen molar-refractivity contribution in [3.63, 3.8) is 0 Å². The Morgan fingerprint density at radius 3 is 2.61 bits per heavy atom. The number of fused-ring (bicyclic) bond motifs is 1. The third-order valence-electron chi connectivity index (χ3n) is 6.46. The monoisotopic (exact) mass is 444 g/mol. The van der Waals surface area contributed by atoms with Crippen LogP contribution in [0, 0.1) is 6.92 Å². The Balaban J connectivity index is 1.63. The van der Waals surface area contributed by atoms with Gasteiger partial charge < -0.3 is 4.98 Å². The van der Waals surface area contributed by atoms with Crippen LogP contribution in [0.4, 0.5) is 0 Å². The standard InChI is InChI=1S/C26H32N6O/c1-5-26(3,4)32-23(28-29-30-32)18-31(15-14-20-11-7-6-8-12-20)17-22-16-21-13-9-10-19(2)24(21)27-25(22)33/h6-13,16H,5,14-15,17-18H2,1-4H3,(H,27,33). The van der Waals surface area contributed by atoms with Crippen molar-refractivity contribution in [2.75, 3.05) is 6.54 Å². The van der Waals surface area contributed by atoms with Gasteiger partial charge in [-0.05, 0) is 66.6 Å². The maximum absolute atomic E-state index is 12.9. The largest absolute Gasteiger partial charge is 0.321 e. The van der Waals surface area contributed by atoms with Crippen LogP contribution in [0.3, 0.4) is 0 Å². The summed E-state index contributed by atoms with van der Waals surface area (Å²) in [5.41, 5.74) is 3.75. The normalized spacial score (nSPS) is 12.0. The molecule has 0 spiro atoms. The van der Waals surface area contributed by atoms with Crippen LogP contribution in [0.2, 0.25) is 0 Å². The van der Waals surface area contributed by atoms with Crippen molar-refractivity contribution < 1.29 is 0 Å². The minimum absolute atomic E-state index is 0.0463. The zero-order valence-electron chi connectivity index (χ0n) is 19.9. The van der Waals surface area contributed by atoms with Gasteiger partial charge in [0, 0.05) is 18.7 Å². The Kier molecular flexibility index (Phi) is 6.70. The summed E-state index contributed by atoms with van der Waals surface area (Å²) < 4.78 is 1.91. The molecule has 0 aliphatic rings. The zero-order valence-corrected chi connectivity index (χ0v) is 19.9. The van der Waals surface area contributed by atoms with Crippen LogP contribution < -0.4 is 5.56 Å². The second kappa shape index (κ2) is 9.67. The van der Waals surface area contributed by atoms with Gasteiger partial charge in [-0.2, -0.15) is 0 Å². The lowest BCUT2D eigenvalue weighted by molar-refractivity contribution is 0.225. The molecule has 2 aromatic heterocycles. The number of nitrogens with one attached hydrogen (secondary N) is 1. The van der Waals surface area contributed by atoms with Crippen molar-refractivity contribution in [1.29, 1.82) is 0 Å². The SMILES string of the molecule is CCC(C)(C)n1nnnc1CN(CCc1ccccc1)Cc1cc2cccc(C)c2[nH]c1=O. The van der Waals surface area contributed by atoms with Crippen LogP contribution in [0.25, 0.3) is 10.9 Å². The molecular formula is C26H32N6O. The number of aryl methyl sites for hydroxylation is 1. The number of nitrogens with zero attached hydrogens (tertiary/aromatic N) is 5. The van der Waals surface area contributed by atoms with Crippen molar-refractivity contribution in [3.8, 4) is 0 Å². The average molecular weight is 445 g/mol. The fraction of sp³-hybridized carbons (Fsp3) is 0.385. The summed E-state index contributed by atoms with van der Waals surface area (Å²) in [7, 11) is 0. The molecular weight excluding hydrogens is 412 g/mol. The maximum atomic E-state index is 12.9. The van der Waals surface area contributed by atoms with Crippen LogP contribution in [0.1, 0.15) is 49.7 Å². The topological polar surface area (TPSA) is 79.7 Å². The second-order valence-electron chi connectivity index (χ2n) is 9.28. The quantitative estimate of drug-likeness (QED) is 0.418. The molecule has 1 N–H and O–H groups in total. The molecule has 2 heterocycles. The molecule has 0 fully saturated rings. The van der Waals surface area contributed by atoms with Gasteiger partial charge in [-0.3, -0.25) is 9.69 Å². The third kappa shape index (κ3) is 5.20. The second-order valence-corrected chi connectivity index (χ2v) is 9.28. The number of pyridine rings is 1. The van der Waals surface area contributed by atoms with E-state index in [4.69, 9.17) is 0 Å². The molecule has 4 rings (SSSR count). The summed E-state index contributed by atoms with van der Waals surface area (Å²) in [6, 6.07) is 18.5. The first-order valence-corrected chi connectivity index (χ1v) is 11.5. The van der Waals surface area contributed by atoms with Crippen molar-refractivity contribution >= 4 is 10.9 Å². The highest BCUT2D eigenvalue weighted by Crippen LogP contribution is 2.21. The highest BCUT2D eigenvalue weighted by Gasteiger charge is 2.24. The van der Waals surface area contributed by atoms with Gasteiger partial charge in [0.25, 0.3) is 5.56 Å². The van der Waals surface area contributed by atoms with Crippen molar-refractivity contribution in [2.45, 2.75) is 59.2 Å². The van der Waals surface area contributed by atoms with Gasteiger partial charge in [-0.15, -0.1) is 5.10 Å². The van der Waals surface area contributed by atoms with E-state index in [0.29, 0.717) is 13.1 Å². The fourth-order valence-corrected chi connectivity index (χ4v) is 4.06. The lowest BCUT2D eigenvalue weighted by Crippen LogP contribution is -2.33. The zero-order chi connectivity index (χ0) is 23.4. The number of H-pyrrole nitrogens is 1. The summed E-state index contributed by atoms with van der Waals surface area (Å²) in [5.74, 6) is 0.808. The van der Waals surface area contributed by atoms with Crippen LogP contribution in [-0.2, 0) is 25.0 Å². The van der Waals surface area contributed by atoms with E-state index >= 15 is 0 Å². The Morgan fingerprint density at radius 1 is 1.06 bits per heavy atom. The van der Waals surface area contributed by atoms with Gasteiger partial charge in [0.1, 0.15) is 0 Å². The molecule has 0 unspecified atom stereocenters. The van der Waals surface area contributed by atoms with Crippen molar-refractivity contribution in [2.24, 2.45) is 0 Å². The van der Waals surface area contributed by atoms with Gasteiger partial charge >= 0.3 is 0 Å². The molecule has 0 saturated carbocycles. The number of aromatic amines is 1. The number of tetrazole rings is 1. The first-order valence-electron chi connectivity index (χ1n) is 11.5. The molecule has 172 valence electrons. The lowest BCUT2D eigenvalue weighted by atomic mass is 10.0. The van der Waals surface area contributed by atoms with E-state index in [1.807, 2.05) is 41.9 Å². The molecule has 0 radical (unpaired) electrons. The number of para-hydroxylation sites is 1. The minimum Gasteiger partial charge on any atom is -0.321 e. The van der Waals surface area contributed by atoms with E-state index in [0.717, 1.165) is 47.2 Å². The molecule has 0 aliphatic carbocycles. The average Bonchev–Trinajstić information content (AvgIpc) is 3.28. The summed E-state index contributed by atoms with van der Waals surface area (Å²) in [5, 5.41) is 13.6. The Morgan fingerprint density at radius 2 is 1.85 bits per heavy atom. The van der Waals surface area contributed by atoms with E-state index in [-0.39, 0.29) is 11.1 Å². The van der Waals surface area contributed by atoms with Gasteiger partial charge in [0.2, 0.25) is 0 Å². The molecule has 0 saturated heterocycles. The summed E-state index contributed by atoms with van der Waals surface area (Å²) in [6.07, 6.45) is 1.79. The Labute approximate surface area is 194 Å². The molecule has 7 nitrogen and oxygen atoms in total. The predicted molar refractivity (Wildman–Crippen MR) is 131 cm³/mol. The molecule has 0 atom stereocenters. The van der Waals surface area contributed by atoms with Crippen LogP contribution in [-0.4, -0.2) is 36.6 Å². The molecule has 0 amide bonds. The Hall–Kier alpha value is -3.32. The smallest absolute Gasteiger partial charge is 0.252 e. The van der Waals surface area contributed by atoms with E-state index in [1.165, 1.54) is 5.56 Å². The highest BCUT2D eigenvalue weighted by atomic mass is 16.1. The van der Waals surface area contributed by atoms with E-state index in [1.54, 1.807) is 0 Å². The minimum atomic E-state index is -0.179. The van der Waals surface area contributed by atoms with Gasteiger partial charge in [-0.25, -0.2) is 4.68 Å². The summed E-state index contributed by atoms with van der Waals surface area (Å²) >= 11 is 0. The molecule has 2 aromatic carbocycles. The Bertz CT molecular complexity index is 1270. The third-order valence-corrected chi connectivity index (χ3v) is 6.46. The molecule has 0 bridgehead atoms. The lowest BCUT2D eigenvalue weighted by Gasteiger charge is -2.27. The summed E-state index contributed by atoms with van der Waals surface area (Å²) in [6.45, 7) is 10.3. The number of hydrogen-bond donors (Lipinski definition) is 1. The van der Waals surface area contributed by atoms with E-state index < -0.39 is 0 Å². The van der Waals surface area contributed by atoms with Crippen LogP contribution >= 0.6 is 0 Å². The predicted octanol–water partition coefficient (Wildman–Crippen LogP) is 4.21. The van der Waals surface area contributed by atoms with E-state index in [9.17, 15) is 4.79 Å². The fourth-order valence-electron chi connectivity index (χ4n) is 4.06. The van der Waals surface area contributed by atoms with Gasteiger partial charge in [0.15, 0.2) is 5.82 Å². The number of benzene rings is 2. The van der Waals surface area contributed by atoms with Crippen LogP contribution in [0.15, 0.2) is 59.4 Å². The highest BCUT2D eigenvalue weighted by molar-refractivity contribution is 5.81.